The van der Waals surface area contributed by atoms with E-state index in [9.17, 15) is 9.59 Å². The third-order valence-electron chi connectivity index (χ3n) is 5.46. The van der Waals surface area contributed by atoms with Crippen LogP contribution in [-0.2, 0) is 6.42 Å². The minimum absolute atomic E-state index is 0.0144. The Morgan fingerprint density at radius 3 is 2.67 bits per heavy atom. The van der Waals surface area contributed by atoms with Gasteiger partial charge in [-0.3, -0.25) is 9.59 Å². The van der Waals surface area contributed by atoms with E-state index >= 15 is 0 Å². The molecule has 30 heavy (non-hydrogen) atoms. The van der Waals surface area contributed by atoms with Crippen molar-refractivity contribution in [3.63, 3.8) is 0 Å². The molecule has 2 amide bonds. The molecule has 3 N–H and O–H groups in total. The van der Waals surface area contributed by atoms with Crippen LogP contribution >= 0.6 is 11.3 Å². The predicted octanol–water partition coefficient (Wildman–Crippen LogP) is 4.14. The molecule has 2 aliphatic rings. The SMILES string of the molecule is CC1C=CC=CCN(C(=O)c2ccc(N)cc2)CCc2cc(C(=O)NC3CC3)sc21. The van der Waals surface area contributed by atoms with Crippen LogP contribution < -0.4 is 11.1 Å². The number of carbonyl (C=O) groups excluding carboxylic acids is 2. The van der Waals surface area contributed by atoms with E-state index in [0.29, 0.717) is 30.4 Å². The summed E-state index contributed by atoms with van der Waals surface area (Å²) in [5.74, 6) is 0.226. The number of fused-ring (bicyclic) bond motifs is 1. The van der Waals surface area contributed by atoms with Crippen molar-refractivity contribution in [3.8, 4) is 0 Å². The van der Waals surface area contributed by atoms with Crippen LogP contribution in [0.4, 0.5) is 5.69 Å². The van der Waals surface area contributed by atoms with Crippen LogP contribution in [0, 0.1) is 0 Å². The highest BCUT2D eigenvalue weighted by Gasteiger charge is 2.26. The molecule has 1 saturated carbocycles. The molecule has 1 aromatic heterocycles. The van der Waals surface area contributed by atoms with Crippen molar-refractivity contribution in [1.29, 1.82) is 0 Å². The fraction of sp³-hybridized carbons (Fsp3) is 0.333. The first kappa shape index (κ1) is 20.4. The molecular formula is C24H27N3O2S. The number of hydrogen-bond donors (Lipinski definition) is 2. The van der Waals surface area contributed by atoms with E-state index in [1.54, 1.807) is 35.6 Å². The Balaban J connectivity index is 1.57. The van der Waals surface area contributed by atoms with Gasteiger partial charge in [-0.25, -0.2) is 0 Å². The van der Waals surface area contributed by atoms with Gasteiger partial charge in [0.05, 0.1) is 4.88 Å². The highest BCUT2D eigenvalue weighted by Crippen LogP contribution is 2.32. The molecule has 1 aliphatic carbocycles. The lowest BCUT2D eigenvalue weighted by atomic mass is 10.0. The fourth-order valence-corrected chi connectivity index (χ4v) is 4.69. The molecule has 0 spiro atoms. The quantitative estimate of drug-likeness (QED) is 0.732. The van der Waals surface area contributed by atoms with Crippen LogP contribution in [0.15, 0.2) is 54.6 Å². The van der Waals surface area contributed by atoms with Gasteiger partial charge in [0.1, 0.15) is 0 Å². The van der Waals surface area contributed by atoms with E-state index in [1.807, 2.05) is 29.2 Å². The highest BCUT2D eigenvalue weighted by atomic mass is 32.1. The lowest BCUT2D eigenvalue weighted by molar-refractivity contribution is 0.0775. The first-order chi connectivity index (χ1) is 14.5. The predicted molar refractivity (Wildman–Crippen MR) is 122 cm³/mol. The van der Waals surface area contributed by atoms with Crippen LogP contribution in [0.1, 0.15) is 56.2 Å². The maximum absolute atomic E-state index is 13.0. The van der Waals surface area contributed by atoms with Crippen molar-refractivity contribution >= 4 is 28.8 Å². The Bertz CT molecular complexity index is 986. The second kappa shape index (κ2) is 8.88. The van der Waals surface area contributed by atoms with Crippen molar-refractivity contribution in [2.75, 3.05) is 18.8 Å². The zero-order chi connectivity index (χ0) is 21.1. The van der Waals surface area contributed by atoms with E-state index in [1.165, 1.54) is 4.88 Å². The molecule has 1 aromatic carbocycles. The zero-order valence-corrected chi connectivity index (χ0v) is 18.0. The van der Waals surface area contributed by atoms with E-state index in [0.717, 1.165) is 29.7 Å². The molecule has 1 aliphatic heterocycles. The first-order valence-electron chi connectivity index (χ1n) is 10.4. The Morgan fingerprint density at radius 2 is 1.93 bits per heavy atom. The van der Waals surface area contributed by atoms with Crippen molar-refractivity contribution < 1.29 is 9.59 Å². The molecule has 5 nitrogen and oxygen atoms in total. The number of rotatable bonds is 3. The summed E-state index contributed by atoms with van der Waals surface area (Å²) in [5, 5.41) is 3.08. The number of benzene rings is 1. The summed E-state index contributed by atoms with van der Waals surface area (Å²) in [6.45, 7) is 3.28. The van der Waals surface area contributed by atoms with E-state index in [2.05, 4.69) is 18.3 Å². The molecule has 2 aromatic rings. The number of carbonyl (C=O) groups is 2. The molecule has 0 saturated heterocycles. The van der Waals surface area contributed by atoms with Crippen LogP contribution in [-0.4, -0.2) is 35.8 Å². The molecule has 1 unspecified atom stereocenters. The number of hydrogen-bond acceptors (Lipinski definition) is 4. The van der Waals surface area contributed by atoms with Gasteiger partial charge >= 0.3 is 0 Å². The van der Waals surface area contributed by atoms with Gasteiger partial charge in [-0.15, -0.1) is 11.3 Å². The largest absolute Gasteiger partial charge is 0.399 e. The maximum Gasteiger partial charge on any atom is 0.261 e. The zero-order valence-electron chi connectivity index (χ0n) is 17.1. The Morgan fingerprint density at radius 1 is 1.17 bits per heavy atom. The van der Waals surface area contributed by atoms with Crippen molar-refractivity contribution in [2.45, 2.75) is 38.1 Å². The standard InChI is InChI=1S/C24H27N3O2S/c1-16-5-3-2-4-13-27(24(29)17-6-8-19(25)9-7-17)14-12-18-15-21(30-22(16)18)23(28)26-20-10-11-20/h2-9,15-16,20H,10-14,25H2,1H3,(H,26,28). The van der Waals surface area contributed by atoms with Gasteiger partial charge in [-0.2, -0.15) is 0 Å². The number of nitrogens with one attached hydrogen (secondary N) is 1. The average molecular weight is 422 g/mol. The van der Waals surface area contributed by atoms with Gasteiger partial charge in [0.25, 0.3) is 11.8 Å². The molecule has 156 valence electrons. The van der Waals surface area contributed by atoms with Gasteiger partial charge < -0.3 is 16.0 Å². The maximum atomic E-state index is 13.0. The Kier molecular flexibility index (Phi) is 6.04. The van der Waals surface area contributed by atoms with E-state index in [4.69, 9.17) is 5.73 Å². The van der Waals surface area contributed by atoms with E-state index < -0.39 is 0 Å². The molecule has 1 atom stereocenters. The Hall–Kier alpha value is -2.86. The van der Waals surface area contributed by atoms with Gasteiger partial charge in [0.15, 0.2) is 0 Å². The fourth-order valence-electron chi connectivity index (χ4n) is 3.54. The normalized spacial score (nSPS) is 19.1. The molecule has 0 bridgehead atoms. The number of nitrogen functional groups attached to an aromatic ring is 1. The summed E-state index contributed by atoms with van der Waals surface area (Å²) in [5.41, 5.74) is 8.18. The topological polar surface area (TPSA) is 75.4 Å². The first-order valence-corrected chi connectivity index (χ1v) is 11.2. The summed E-state index contributed by atoms with van der Waals surface area (Å²) in [6, 6.07) is 9.39. The average Bonchev–Trinajstić information content (AvgIpc) is 3.45. The summed E-state index contributed by atoms with van der Waals surface area (Å²) >= 11 is 1.57. The lowest BCUT2D eigenvalue weighted by Gasteiger charge is -2.21. The van der Waals surface area contributed by atoms with Crippen LogP contribution in [0.5, 0.6) is 0 Å². The van der Waals surface area contributed by atoms with Crippen molar-refractivity contribution in [3.05, 3.63) is 75.5 Å². The molecule has 6 heteroatoms. The number of nitrogens with two attached hydrogens (primary N) is 1. The van der Waals surface area contributed by atoms with Crippen LogP contribution in [0.3, 0.4) is 0 Å². The lowest BCUT2D eigenvalue weighted by Crippen LogP contribution is -2.33. The third kappa shape index (κ3) is 4.82. The van der Waals surface area contributed by atoms with Gasteiger partial charge in [0, 0.05) is 41.2 Å². The van der Waals surface area contributed by atoms with Gasteiger partial charge in [0.2, 0.25) is 0 Å². The van der Waals surface area contributed by atoms with Gasteiger partial charge in [-0.05, 0) is 55.2 Å². The minimum atomic E-state index is -0.0144. The summed E-state index contributed by atoms with van der Waals surface area (Å²) in [6.07, 6.45) is 11.0. The van der Waals surface area contributed by atoms with Crippen LogP contribution in [0.2, 0.25) is 0 Å². The smallest absolute Gasteiger partial charge is 0.261 e. The van der Waals surface area contributed by atoms with Crippen molar-refractivity contribution in [2.24, 2.45) is 0 Å². The second-order valence-corrected chi connectivity index (χ2v) is 9.06. The molecule has 2 heterocycles. The second-order valence-electron chi connectivity index (χ2n) is 7.97. The monoisotopic (exact) mass is 421 g/mol. The van der Waals surface area contributed by atoms with Crippen molar-refractivity contribution in [1.82, 2.24) is 10.2 Å². The Labute approximate surface area is 181 Å². The summed E-state index contributed by atoms with van der Waals surface area (Å²) < 4.78 is 0. The highest BCUT2D eigenvalue weighted by molar-refractivity contribution is 7.14. The third-order valence-corrected chi connectivity index (χ3v) is 6.84. The number of amides is 2. The number of anilines is 1. The number of nitrogens with zero attached hydrogens (tertiary/aromatic N) is 1. The minimum Gasteiger partial charge on any atom is -0.399 e. The molecule has 4 rings (SSSR count). The van der Waals surface area contributed by atoms with Gasteiger partial charge in [-0.1, -0.05) is 31.2 Å². The molecule has 1 fully saturated rings. The van der Waals surface area contributed by atoms with Crippen LogP contribution in [0.25, 0.3) is 0 Å². The van der Waals surface area contributed by atoms with E-state index in [-0.39, 0.29) is 17.7 Å². The molecular weight excluding hydrogens is 394 g/mol. The number of thiophene rings is 1. The number of allylic oxidation sites excluding steroid dienone is 3. The molecule has 0 radical (unpaired) electrons. The summed E-state index contributed by atoms with van der Waals surface area (Å²) in [7, 11) is 0. The summed E-state index contributed by atoms with van der Waals surface area (Å²) in [4.78, 5) is 29.4.